The van der Waals surface area contributed by atoms with E-state index < -0.39 is 17.2 Å². The van der Waals surface area contributed by atoms with Gasteiger partial charge in [0.15, 0.2) is 0 Å². The molecule has 138 valence electrons. The van der Waals surface area contributed by atoms with E-state index in [-0.39, 0.29) is 29.2 Å². The normalized spacial score (nSPS) is 11.7. The highest BCUT2D eigenvalue weighted by atomic mass is 35.5. The van der Waals surface area contributed by atoms with Gasteiger partial charge in [-0.1, -0.05) is 29.8 Å². The lowest BCUT2D eigenvalue weighted by Gasteiger charge is -2.12. The first-order chi connectivity index (χ1) is 12.5. The van der Waals surface area contributed by atoms with Crippen LogP contribution in [0.2, 0.25) is 5.02 Å². The highest BCUT2D eigenvalue weighted by Crippen LogP contribution is 2.22. The summed E-state index contributed by atoms with van der Waals surface area (Å²) in [4.78, 5) is 24.8. The van der Waals surface area contributed by atoms with Gasteiger partial charge in [0.2, 0.25) is 5.43 Å². The predicted molar refractivity (Wildman–Crippen MR) is 99.5 cm³/mol. The Bertz CT molecular complexity index is 922. The molecule has 2 aromatic rings. The van der Waals surface area contributed by atoms with Gasteiger partial charge in [-0.3, -0.25) is 4.79 Å². The standard InChI is InChI=1S/C18H16Cl2FNO4/c19-5-1-2-6-22-11-13(18(25)26-8-4-3-7-23)17(24)12-9-15(21)14(20)10-16(12)22/h1-4,9-11,23H,5-8H2/b2-1+,4-3+. The Morgan fingerprint density at radius 3 is 2.73 bits per heavy atom. The van der Waals surface area contributed by atoms with E-state index in [4.69, 9.17) is 33.0 Å². The number of benzene rings is 1. The van der Waals surface area contributed by atoms with Gasteiger partial charge < -0.3 is 14.4 Å². The van der Waals surface area contributed by atoms with Gasteiger partial charge in [0.1, 0.15) is 18.0 Å². The zero-order chi connectivity index (χ0) is 19.1. The molecule has 0 spiro atoms. The predicted octanol–water partition coefficient (Wildman–Crippen LogP) is 3.29. The van der Waals surface area contributed by atoms with Gasteiger partial charge >= 0.3 is 5.97 Å². The van der Waals surface area contributed by atoms with Crippen molar-refractivity contribution < 1.29 is 19.0 Å². The number of hydrogen-bond acceptors (Lipinski definition) is 4. The fourth-order valence-electron chi connectivity index (χ4n) is 2.28. The van der Waals surface area contributed by atoms with Crippen molar-refractivity contribution >= 4 is 40.1 Å². The number of hydrogen-bond donors (Lipinski definition) is 1. The van der Waals surface area contributed by atoms with E-state index in [2.05, 4.69) is 0 Å². The minimum Gasteiger partial charge on any atom is -0.458 e. The summed E-state index contributed by atoms with van der Waals surface area (Å²) in [6.07, 6.45) is 7.64. The molecule has 0 aliphatic rings. The maximum Gasteiger partial charge on any atom is 0.343 e. The van der Waals surface area contributed by atoms with Crippen LogP contribution >= 0.6 is 23.2 Å². The van der Waals surface area contributed by atoms with Crippen LogP contribution in [0.15, 0.2) is 47.4 Å². The average molecular weight is 400 g/mol. The Hall–Kier alpha value is -2.15. The molecule has 0 fully saturated rings. The molecule has 1 N–H and O–H groups in total. The van der Waals surface area contributed by atoms with Crippen LogP contribution in [0.25, 0.3) is 10.9 Å². The van der Waals surface area contributed by atoms with Crippen LogP contribution in [0.5, 0.6) is 0 Å². The Balaban J connectivity index is 2.53. The molecule has 0 saturated carbocycles. The number of esters is 1. The van der Waals surface area contributed by atoms with Crippen molar-refractivity contribution in [3.63, 3.8) is 0 Å². The quantitative estimate of drug-likeness (QED) is 0.440. The van der Waals surface area contributed by atoms with E-state index in [1.807, 2.05) is 0 Å². The monoisotopic (exact) mass is 399 g/mol. The second-order valence-corrected chi connectivity index (χ2v) is 5.90. The first kappa shape index (κ1) is 20.2. The zero-order valence-electron chi connectivity index (χ0n) is 13.6. The molecule has 0 bridgehead atoms. The second-order valence-electron chi connectivity index (χ2n) is 5.19. The van der Waals surface area contributed by atoms with E-state index in [9.17, 15) is 14.0 Å². The van der Waals surface area contributed by atoms with Gasteiger partial charge in [-0.2, -0.15) is 0 Å². The minimum absolute atomic E-state index is 0.0199. The molecule has 0 radical (unpaired) electrons. The molecule has 1 heterocycles. The van der Waals surface area contributed by atoms with E-state index in [1.165, 1.54) is 24.4 Å². The van der Waals surface area contributed by atoms with Crippen LogP contribution < -0.4 is 5.43 Å². The largest absolute Gasteiger partial charge is 0.458 e. The number of ether oxygens (including phenoxy) is 1. The SMILES string of the molecule is O=C(OC/C=C/CO)c1cn(C/C=C/CCl)c2cc(Cl)c(F)cc2c1=O. The number of aliphatic hydroxyl groups excluding tert-OH is 1. The highest BCUT2D eigenvalue weighted by molar-refractivity contribution is 6.31. The van der Waals surface area contributed by atoms with E-state index in [0.29, 0.717) is 17.9 Å². The molecule has 5 nitrogen and oxygen atoms in total. The number of fused-ring (bicyclic) bond motifs is 1. The molecule has 0 unspecified atom stereocenters. The summed E-state index contributed by atoms with van der Waals surface area (Å²) in [5, 5.41) is 8.55. The number of halogens is 3. The summed E-state index contributed by atoms with van der Waals surface area (Å²) in [5.41, 5.74) is -0.488. The van der Waals surface area contributed by atoms with E-state index in [0.717, 1.165) is 6.07 Å². The van der Waals surface area contributed by atoms with Crippen LogP contribution in [-0.2, 0) is 11.3 Å². The molecule has 0 atom stereocenters. The molecule has 2 rings (SSSR count). The first-order valence-corrected chi connectivity index (χ1v) is 8.57. The average Bonchev–Trinajstić information content (AvgIpc) is 2.62. The Labute approximate surface area is 158 Å². The first-order valence-electron chi connectivity index (χ1n) is 7.65. The molecule has 8 heteroatoms. The summed E-state index contributed by atoms with van der Waals surface area (Å²) < 4.78 is 20.4. The zero-order valence-corrected chi connectivity index (χ0v) is 15.1. The number of allylic oxidation sites excluding steroid dienone is 2. The van der Waals surface area contributed by atoms with Gasteiger partial charge in [-0.25, -0.2) is 9.18 Å². The number of nitrogens with zero attached hydrogens (tertiary/aromatic N) is 1. The number of alkyl halides is 1. The molecule has 0 aliphatic carbocycles. The lowest BCUT2D eigenvalue weighted by atomic mass is 10.1. The topological polar surface area (TPSA) is 68.5 Å². The molecule has 1 aromatic heterocycles. The maximum absolute atomic E-state index is 13.8. The fourth-order valence-corrected chi connectivity index (χ4v) is 2.56. The third kappa shape index (κ3) is 4.72. The summed E-state index contributed by atoms with van der Waals surface area (Å²) in [6, 6.07) is 2.34. The number of aliphatic hydroxyl groups is 1. The van der Waals surface area contributed by atoms with Crippen molar-refractivity contribution in [2.75, 3.05) is 19.1 Å². The Morgan fingerprint density at radius 1 is 1.27 bits per heavy atom. The minimum atomic E-state index is -0.843. The molecular formula is C18H16Cl2FNO4. The number of rotatable bonds is 7. The Morgan fingerprint density at radius 2 is 2.04 bits per heavy atom. The van der Waals surface area contributed by atoms with Crippen LogP contribution in [0.3, 0.4) is 0 Å². The van der Waals surface area contributed by atoms with Crippen LogP contribution in [0.4, 0.5) is 4.39 Å². The third-order valence-electron chi connectivity index (χ3n) is 3.48. The number of aromatic nitrogens is 1. The van der Waals surface area contributed by atoms with Gasteiger partial charge in [-0.15, -0.1) is 11.6 Å². The lowest BCUT2D eigenvalue weighted by molar-refractivity contribution is 0.0547. The molecule has 0 saturated heterocycles. The smallest absolute Gasteiger partial charge is 0.343 e. The third-order valence-corrected chi connectivity index (χ3v) is 3.95. The molecule has 0 amide bonds. The van der Waals surface area contributed by atoms with Crippen molar-refractivity contribution in [2.24, 2.45) is 0 Å². The number of pyridine rings is 1. The summed E-state index contributed by atoms with van der Waals surface area (Å²) in [7, 11) is 0. The van der Waals surface area contributed by atoms with Crippen molar-refractivity contribution in [3.05, 3.63) is 69.3 Å². The highest BCUT2D eigenvalue weighted by Gasteiger charge is 2.18. The van der Waals surface area contributed by atoms with Crippen LogP contribution in [-0.4, -0.2) is 34.7 Å². The molecular weight excluding hydrogens is 384 g/mol. The number of carbonyl (C=O) groups excluding carboxylic acids is 1. The summed E-state index contributed by atoms with van der Waals surface area (Å²) in [5.74, 6) is -1.29. The van der Waals surface area contributed by atoms with Crippen molar-refractivity contribution in [2.45, 2.75) is 6.54 Å². The number of carbonyl (C=O) groups is 1. The molecule has 1 aromatic carbocycles. The van der Waals surface area contributed by atoms with Crippen molar-refractivity contribution in [1.82, 2.24) is 4.57 Å². The van der Waals surface area contributed by atoms with Crippen molar-refractivity contribution in [3.8, 4) is 0 Å². The van der Waals surface area contributed by atoms with Crippen LogP contribution in [0, 0.1) is 5.82 Å². The second kappa shape index (κ2) is 9.52. The van der Waals surface area contributed by atoms with E-state index in [1.54, 1.807) is 16.7 Å². The van der Waals surface area contributed by atoms with Gasteiger partial charge in [0.25, 0.3) is 0 Å². The van der Waals surface area contributed by atoms with Gasteiger partial charge in [0, 0.05) is 24.0 Å². The van der Waals surface area contributed by atoms with Crippen LogP contribution in [0.1, 0.15) is 10.4 Å². The Kier molecular flexibility index (Phi) is 7.38. The fraction of sp³-hybridized carbons (Fsp3) is 0.222. The van der Waals surface area contributed by atoms with Crippen molar-refractivity contribution in [1.29, 1.82) is 0 Å². The van der Waals surface area contributed by atoms with Gasteiger partial charge in [-0.05, 0) is 18.2 Å². The molecule has 26 heavy (non-hydrogen) atoms. The lowest BCUT2D eigenvalue weighted by Crippen LogP contribution is -2.21. The summed E-state index contributed by atoms with van der Waals surface area (Å²) >= 11 is 11.4. The molecule has 0 aliphatic heterocycles. The van der Waals surface area contributed by atoms with E-state index >= 15 is 0 Å². The van der Waals surface area contributed by atoms with Gasteiger partial charge in [0.05, 0.1) is 17.1 Å². The maximum atomic E-state index is 13.8. The summed E-state index contributed by atoms with van der Waals surface area (Å²) in [6.45, 7) is 0.0153.